The topological polar surface area (TPSA) is 89.9 Å². The summed E-state index contributed by atoms with van der Waals surface area (Å²) in [5, 5.41) is 8.51. The highest BCUT2D eigenvalue weighted by Gasteiger charge is 2.06. The minimum Gasteiger partial charge on any atom is -0.481 e. The van der Waals surface area contributed by atoms with Crippen molar-refractivity contribution in [3.63, 3.8) is 0 Å². The van der Waals surface area contributed by atoms with Crippen molar-refractivity contribution in [1.29, 1.82) is 0 Å². The Morgan fingerprint density at radius 3 is 1.27 bits per heavy atom. The van der Waals surface area contributed by atoms with Crippen molar-refractivity contribution in [1.82, 2.24) is 0 Å². The Bertz CT molecular complexity index is 435. The molecule has 0 heterocycles. The van der Waals surface area contributed by atoms with Gasteiger partial charge in [0.25, 0.3) is 0 Å². The summed E-state index contributed by atoms with van der Waals surface area (Å²) in [6.07, 6.45) is 18.1. The lowest BCUT2D eigenvalue weighted by molar-refractivity contribution is -0.152. The zero-order valence-electron chi connectivity index (χ0n) is 19.1. The average Bonchev–Trinajstić information content (AvgIpc) is 2.72. The van der Waals surface area contributed by atoms with Crippen molar-refractivity contribution in [2.45, 2.75) is 122 Å². The highest BCUT2D eigenvalue weighted by Crippen LogP contribution is 2.13. The number of esters is 2. The molecule has 0 unspecified atom stereocenters. The Kier molecular flexibility index (Phi) is 20.9. The van der Waals surface area contributed by atoms with Gasteiger partial charge in [-0.3, -0.25) is 14.4 Å². The SMILES string of the molecule is CCCCCCCCCCCCCCCC(=O)OCCOC(=O)CCCCC(=O)O. The third-order valence-electron chi connectivity index (χ3n) is 5.12. The predicted octanol–water partition coefficient (Wildman–Crippen LogP) is 6.20. The highest BCUT2D eigenvalue weighted by atomic mass is 16.6. The summed E-state index contributed by atoms with van der Waals surface area (Å²) in [6.45, 7) is 2.39. The zero-order valence-corrected chi connectivity index (χ0v) is 19.1. The van der Waals surface area contributed by atoms with Gasteiger partial charge < -0.3 is 14.6 Å². The van der Waals surface area contributed by atoms with Crippen LogP contribution in [0.5, 0.6) is 0 Å². The molecule has 6 heteroatoms. The summed E-state index contributed by atoms with van der Waals surface area (Å²) in [5.41, 5.74) is 0. The first-order valence-corrected chi connectivity index (χ1v) is 12.1. The van der Waals surface area contributed by atoms with E-state index in [4.69, 9.17) is 14.6 Å². The van der Waals surface area contributed by atoms with Crippen LogP contribution in [0.15, 0.2) is 0 Å². The number of hydrogen-bond acceptors (Lipinski definition) is 5. The van der Waals surface area contributed by atoms with Gasteiger partial charge in [0, 0.05) is 19.3 Å². The van der Waals surface area contributed by atoms with E-state index >= 15 is 0 Å². The molecule has 0 aromatic carbocycles. The Hall–Kier alpha value is -1.59. The number of ether oxygens (including phenoxy) is 2. The van der Waals surface area contributed by atoms with Crippen LogP contribution < -0.4 is 0 Å². The standard InChI is InChI=1S/C24H44O6/c1-2-3-4-5-6-7-8-9-10-11-12-13-14-18-23(27)29-20-21-30-24(28)19-16-15-17-22(25)26/h2-21H2,1H3,(H,25,26). The number of carboxylic acid groups (broad SMARTS) is 1. The number of carbonyl (C=O) groups excluding carboxylic acids is 2. The van der Waals surface area contributed by atoms with Gasteiger partial charge in [0.2, 0.25) is 0 Å². The van der Waals surface area contributed by atoms with E-state index in [2.05, 4.69) is 6.92 Å². The zero-order chi connectivity index (χ0) is 22.3. The molecule has 176 valence electrons. The third kappa shape index (κ3) is 22.7. The average molecular weight is 429 g/mol. The summed E-state index contributed by atoms with van der Waals surface area (Å²) in [7, 11) is 0. The fourth-order valence-electron chi connectivity index (χ4n) is 3.29. The first-order chi connectivity index (χ1) is 14.6. The fourth-order valence-corrected chi connectivity index (χ4v) is 3.29. The predicted molar refractivity (Wildman–Crippen MR) is 118 cm³/mol. The van der Waals surface area contributed by atoms with E-state index in [9.17, 15) is 14.4 Å². The van der Waals surface area contributed by atoms with Crippen molar-refractivity contribution in [2.24, 2.45) is 0 Å². The molecule has 0 spiro atoms. The molecule has 0 aliphatic heterocycles. The van der Waals surface area contributed by atoms with E-state index in [0.29, 0.717) is 19.3 Å². The summed E-state index contributed by atoms with van der Waals surface area (Å²) in [4.78, 5) is 33.4. The van der Waals surface area contributed by atoms with Gasteiger partial charge in [-0.2, -0.15) is 0 Å². The second-order valence-electron chi connectivity index (χ2n) is 8.03. The number of hydrogen-bond donors (Lipinski definition) is 1. The lowest BCUT2D eigenvalue weighted by Gasteiger charge is -2.06. The van der Waals surface area contributed by atoms with E-state index in [0.717, 1.165) is 12.8 Å². The van der Waals surface area contributed by atoms with E-state index in [1.807, 2.05) is 0 Å². The molecular formula is C24H44O6. The van der Waals surface area contributed by atoms with Crippen LogP contribution in [0, 0.1) is 0 Å². The van der Waals surface area contributed by atoms with Crippen molar-refractivity contribution in [3.05, 3.63) is 0 Å². The first kappa shape index (κ1) is 28.4. The maximum absolute atomic E-state index is 11.6. The van der Waals surface area contributed by atoms with Gasteiger partial charge in [-0.05, 0) is 19.3 Å². The van der Waals surface area contributed by atoms with Crippen molar-refractivity contribution in [2.75, 3.05) is 13.2 Å². The number of rotatable bonds is 22. The second kappa shape index (κ2) is 22.1. The van der Waals surface area contributed by atoms with Gasteiger partial charge in [-0.15, -0.1) is 0 Å². The fraction of sp³-hybridized carbons (Fsp3) is 0.875. The third-order valence-corrected chi connectivity index (χ3v) is 5.12. The summed E-state index contributed by atoms with van der Waals surface area (Å²) >= 11 is 0. The van der Waals surface area contributed by atoms with Crippen LogP contribution in [0.3, 0.4) is 0 Å². The molecule has 6 nitrogen and oxygen atoms in total. The van der Waals surface area contributed by atoms with Crippen LogP contribution in [0.4, 0.5) is 0 Å². The second-order valence-corrected chi connectivity index (χ2v) is 8.03. The number of carbonyl (C=O) groups is 3. The van der Waals surface area contributed by atoms with Gasteiger partial charge in [-0.1, -0.05) is 84.0 Å². The largest absolute Gasteiger partial charge is 0.481 e. The number of carboxylic acids is 1. The van der Waals surface area contributed by atoms with Crippen LogP contribution in [0.2, 0.25) is 0 Å². The van der Waals surface area contributed by atoms with E-state index in [1.165, 1.54) is 70.6 Å². The molecule has 0 saturated heterocycles. The van der Waals surface area contributed by atoms with Gasteiger partial charge in [0.05, 0.1) is 0 Å². The normalized spacial score (nSPS) is 10.7. The molecule has 0 aliphatic rings. The molecule has 0 aromatic rings. The van der Waals surface area contributed by atoms with Gasteiger partial charge in [-0.25, -0.2) is 0 Å². The van der Waals surface area contributed by atoms with Gasteiger partial charge in [0.15, 0.2) is 0 Å². The highest BCUT2D eigenvalue weighted by molar-refractivity contribution is 5.70. The first-order valence-electron chi connectivity index (χ1n) is 12.1. The molecule has 0 atom stereocenters. The molecule has 30 heavy (non-hydrogen) atoms. The van der Waals surface area contributed by atoms with E-state index in [1.54, 1.807) is 0 Å². The lowest BCUT2D eigenvalue weighted by Crippen LogP contribution is -2.13. The van der Waals surface area contributed by atoms with E-state index in [-0.39, 0.29) is 38.0 Å². The van der Waals surface area contributed by atoms with Crippen molar-refractivity contribution < 1.29 is 29.0 Å². The Morgan fingerprint density at radius 2 is 0.867 bits per heavy atom. The molecule has 0 radical (unpaired) electrons. The summed E-state index contributed by atoms with van der Waals surface area (Å²) < 4.78 is 10.0. The molecule has 0 amide bonds. The van der Waals surface area contributed by atoms with Crippen LogP contribution in [0.25, 0.3) is 0 Å². The maximum atomic E-state index is 11.6. The molecule has 1 N–H and O–H groups in total. The molecule has 0 aliphatic carbocycles. The van der Waals surface area contributed by atoms with Gasteiger partial charge >= 0.3 is 17.9 Å². The van der Waals surface area contributed by atoms with Crippen LogP contribution >= 0.6 is 0 Å². The van der Waals surface area contributed by atoms with Crippen LogP contribution in [0.1, 0.15) is 122 Å². The minimum absolute atomic E-state index is 0.0576. The number of aliphatic carboxylic acids is 1. The summed E-state index contributed by atoms with van der Waals surface area (Å²) in [5.74, 6) is -1.48. The molecule has 0 fully saturated rings. The van der Waals surface area contributed by atoms with Gasteiger partial charge in [0.1, 0.15) is 13.2 Å². The molecule has 0 saturated carbocycles. The lowest BCUT2D eigenvalue weighted by atomic mass is 10.0. The maximum Gasteiger partial charge on any atom is 0.305 e. The Balaban J connectivity index is 3.28. The molecule has 0 aromatic heterocycles. The summed E-state index contributed by atoms with van der Waals surface area (Å²) in [6, 6.07) is 0. The Labute approximate surface area is 183 Å². The molecule has 0 rings (SSSR count). The molecule has 0 bridgehead atoms. The van der Waals surface area contributed by atoms with Crippen molar-refractivity contribution >= 4 is 17.9 Å². The Morgan fingerprint density at radius 1 is 0.533 bits per heavy atom. The van der Waals surface area contributed by atoms with E-state index < -0.39 is 5.97 Å². The van der Waals surface area contributed by atoms with Crippen molar-refractivity contribution in [3.8, 4) is 0 Å². The van der Waals surface area contributed by atoms with Crippen LogP contribution in [-0.4, -0.2) is 36.2 Å². The molecular weight excluding hydrogens is 384 g/mol. The monoisotopic (exact) mass is 428 g/mol. The minimum atomic E-state index is -0.862. The van der Waals surface area contributed by atoms with Crippen LogP contribution in [-0.2, 0) is 23.9 Å². The number of unbranched alkanes of at least 4 members (excludes halogenated alkanes) is 13. The smallest absolute Gasteiger partial charge is 0.305 e. The quantitative estimate of drug-likeness (QED) is 0.163.